The molecule has 0 aromatic rings. The van der Waals surface area contributed by atoms with Gasteiger partial charge in [-0.15, -0.1) is 0 Å². The van der Waals surface area contributed by atoms with E-state index in [4.69, 9.17) is 9.47 Å². The minimum atomic E-state index is -0.490. The van der Waals surface area contributed by atoms with Gasteiger partial charge in [-0.1, -0.05) is 6.58 Å². The standard InChI is InChI=1S/C16H22O4/c1-12(16(17)18-2)11-15(19-13-7-3-4-8-13)20-14-9-5-6-10-14/h7,9,15H,1,3-6,8,10-11H2,2H3. The van der Waals surface area contributed by atoms with Crippen LogP contribution in [0.4, 0.5) is 0 Å². The highest BCUT2D eigenvalue weighted by atomic mass is 16.7. The number of rotatable bonds is 7. The second kappa shape index (κ2) is 7.17. The maximum absolute atomic E-state index is 11.5. The van der Waals surface area contributed by atoms with Crippen molar-refractivity contribution in [2.24, 2.45) is 0 Å². The molecule has 110 valence electrons. The highest BCUT2D eigenvalue weighted by Gasteiger charge is 2.22. The molecule has 0 amide bonds. The monoisotopic (exact) mass is 278 g/mol. The van der Waals surface area contributed by atoms with E-state index in [-0.39, 0.29) is 0 Å². The molecule has 0 aliphatic heterocycles. The van der Waals surface area contributed by atoms with Crippen molar-refractivity contribution >= 4 is 5.97 Å². The fourth-order valence-corrected chi connectivity index (χ4v) is 2.37. The smallest absolute Gasteiger partial charge is 0.333 e. The van der Waals surface area contributed by atoms with Crippen molar-refractivity contribution in [3.05, 3.63) is 35.8 Å². The first kappa shape index (κ1) is 14.7. The number of esters is 1. The van der Waals surface area contributed by atoms with Crippen molar-refractivity contribution in [2.75, 3.05) is 7.11 Å². The van der Waals surface area contributed by atoms with Gasteiger partial charge in [0.25, 0.3) is 0 Å². The molecule has 0 aromatic heterocycles. The summed E-state index contributed by atoms with van der Waals surface area (Å²) in [6.07, 6.45) is 10.2. The third kappa shape index (κ3) is 4.15. The quantitative estimate of drug-likeness (QED) is 0.405. The van der Waals surface area contributed by atoms with E-state index >= 15 is 0 Å². The van der Waals surface area contributed by atoms with Crippen LogP contribution in [-0.4, -0.2) is 19.4 Å². The number of allylic oxidation sites excluding steroid dienone is 4. The summed E-state index contributed by atoms with van der Waals surface area (Å²) in [5.41, 5.74) is 0.370. The summed E-state index contributed by atoms with van der Waals surface area (Å²) < 4.78 is 16.4. The first-order valence-electron chi connectivity index (χ1n) is 7.16. The first-order chi connectivity index (χ1) is 9.69. The molecule has 4 nitrogen and oxygen atoms in total. The maximum atomic E-state index is 11.5. The first-order valence-corrected chi connectivity index (χ1v) is 7.16. The Kier molecular flexibility index (Phi) is 5.27. The molecule has 2 aliphatic carbocycles. The number of carbonyl (C=O) groups excluding carboxylic acids is 1. The van der Waals surface area contributed by atoms with Crippen molar-refractivity contribution in [1.82, 2.24) is 0 Å². The van der Waals surface area contributed by atoms with E-state index in [1.807, 2.05) is 0 Å². The summed E-state index contributed by atoms with van der Waals surface area (Å²) in [5, 5.41) is 0. The molecule has 0 radical (unpaired) electrons. The largest absolute Gasteiger partial charge is 0.466 e. The van der Waals surface area contributed by atoms with E-state index < -0.39 is 12.3 Å². The lowest BCUT2D eigenvalue weighted by Gasteiger charge is -2.22. The lowest BCUT2D eigenvalue weighted by atomic mass is 10.2. The van der Waals surface area contributed by atoms with E-state index in [0.29, 0.717) is 12.0 Å². The van der Waals surface area contributed by atoms with Gasteiger partial charge in [0, 0.05) is 18.4 Å². The molecule has 2 aliphatic rings. The normalized spacial score (nSPS) is 17.7. The minimum absolute atomic E-state index is 0.321. The lowest BCUT2D eigenvalue weighted by molar-refractivity contribution is -0.138. The van der Waals surface area contributed by atoms with Gasteiger partial charge in [0.2, 0.25) is 6.29 Å². The predicted octanol–water partition coefficient (Wildman–Crippen LogP) is 3.60. The zero-order chi connectivity index (χ0) is 14.4. The number of carbonyl (C=O) groups is 1. The van der Waals surface area contributed by atoms with Crippen LogP contribution in [0.2, 0.25) is 0 Å². The minimum Gasteiger partial charge on any atom is -0.466 e. The Bertz CT molecular complexity index is 408. The molecule has 0 atom stereocenters. The Morgan fingerprint density at radius 1 is 1.20 bits per heavy atom. The van der Waals surface area contributed by atoms with E-state index in [2.05, 4.69) is 23.5 Å². The Morgan fingerprint density at radius 2 is 1.75 bits per heavy atom. The third-order valence-electron chi connectivity index (χ3n) is 3.45. The molecule has 2 rings (SSSR count). The van der Waals surface area contributed by atoms with Gasteiger partial charge in [-0.05, 0) is 37.8 Å². The van der Waals surface area contributed by atoms with Gasteiger partial charge < -0.3 is 14.2 Å². The zero-order valence-corrected chi connectivity index (χ0v) is 12.0. The second-order valence-corrected chi connectivity index (χ2v) is 5.09. The number of hydrogen-bond donors (Lipinski definition) is 0. The van der Waals surface area contributed by atoms with E-state index in [1.54, 1.807) is 0 Å². The van der Waals surface area contributed by atoms with E-state index in [1.165, 1.54) is 7.11 Å². The van der Waals surface area contributed by atoms with Crippen LogP contribution in [0, 0.1) is 0 Å². The molecule has 0 saturated carbocycles. The molecule has 0 N–H and O–H groups in total. The summed E-state index contributed by atoms with van der Waals surface area (Å²) in [6.45, 7) is 3.74. The van der Waals surface area contributed by atoms with E-state index in [9.17, 15) is 4.79 Å². The van der Waals surface area contributed by atoms with Gasteiger partial charge in [-0.3, -0.25) is 0 Å². The van der Waals surface area contributed by atoms with Gasteiger partial charge in [-0.2, -0.15) is 0 Å². The Labute approximate surface area is 120 Å². The number of ether oxygens (including phenoxy) is 3. The van der Waals surface area contributed by atoms with Gasteiger partial charge >= 0.3 is 5.97 Å². The summed E-state index contributed by atoms with van der Waals surface area (Å²) in [5.74, 6) is 1.49. The zero-order valence-electron chi connectivity index (χ0n) is 12.0. The molecule has 0 bridgehead atoms. The van der Waals surface area contributed by atoms with Crippen LogP contribution in [0.5, 0.6) is 0 Å². The molecular formula is C16H22O4. The van der Waals surface area contributed by atoms with Crippen LogP contribution in [0.25, 0.3) is 0 Å². The van der Waals surface area contributed by atoms with Crippen LogP contribution in [0.1, 0.15) is 44.9 Å². The second-order valence-electron chi connectivity index (χ2n) is 5.09. The molecular weight excluding hydrogens is 256 g/mol. The van der Waals surface area contributed by atoms with Crippen LogP contribution in [0.3, 0.4) is 0 Å². The SMILES string of the molecule is C=C(CC(OC1=CCCC1)OC1=CCCC1)C(=O)OC. The summed E-state index contributed by atoms with van der Waals surface area (Å²) in [7, 11) is 1.35. The van der Waals surface area contributed by atoms with Crippen LogP contribution < -0.4 is 0 Å². The molecule has 0 fully saturated rings. The Balaban J connectivity index is 1.94. The van der Waals surface area contributed by atoms with Crippen molar-refractivity contribution in [1.29, 1.82) is 0 Å². The molecule has 0 unspecified atom stereocenters. The average Bonchev–Trinajstić information content (AvgIpc) is 3.11. The fourth-order valence-electron chi connectivity index (χ4n) is 2.37. The van der Waals surface area contributed by atoms with Gasteiger partial charge in [0.05, 0.1) is 25.0 Å². The fraction of sp³-hybridized carbons (Fsp3) is 0.562. The van der Waals surface area contributed by atoms with Gasteiger partial charge in [0.1, 0.15) is 0 Å². The highest BCUT2D eigenvalue weighted by Crippen LogP contribution is 2.27. The lowest BCUT2D eigenvalue weighted by Crippen LogP contribution is -2.20. The van der Waals surface area contributed by atoms with Crippen LogP contribution in [0.15, 0.2) is 35.8 Å². The third-order valence-corrected chi connectivity index (χ3v) is 3.45. The molecule has 0 aromatic carbocycles. The predicted molar refractivity (Wildman–Crippen MR) is 75.6 cm³/mol. The van der Waals surface area contributed by atoms with Gasteiger partial charge in [-0.25, -0.2) is 4.79 Å². The summed E-state index contributed by atoms with van der Waals surface area (Å²) in [4.78, 5) is 11.5. The molecule has 20 heavy (non-hydrogen) atoms. The number of methoxy groups -OCH3 is 1. The number of hydrogen-bond acceptors (Lipinski definition) is 4. The summed E-state index contributed by atoms with van der Waals surface area (Å²) in [6, 6.07) is 0. The molecule has 4 heteroatoms. The van der Waals surface area contributed by atoms with Crippen LogP contribution in [-0.2, 0) is 19.0 Å². The van der Waals surface area contributed by atoms with Crippen LogP contribution >= 0.6 is 0 Å². The maximum Gasteiger partial charge on any atom is 0.333 e. The topological polar surface area (TPSA) is 44.8 Å². The molecule has 0 heterocycles. The summed E-state index contributed by atoms with van der Waals surface area (Å²) >= 11 is 0. The van der Waals surface area contributed by atoms with Crippen molar-refractivity contribution in [3.8, 4) is 0 Å². The Morgan fingerprint density at radius 3 is 2.15 bits per heavy atom. The van der Waals surface area contributed by atoms with E-state index in [0.717, 1.165) is 50.0 Å². The van der Waals surface area contributed by atoms with Crippen molar-refractivity contribution < 1.29 is 19.0 Å². The average molecular weight is 278 g/mol. The molecule has 0 saturated heterocycles. The van der Waals surface area contributed by atoms with Gasteiger partial charge in [0.15, 0.2) is 0 Å². The van der Waals surface area contributed by atoms with Crippen molar-refractivity contribution in [2.45, 2.75) is 51.2 Å². The highest BCUT2D eigenvalue weighted by molar-refractivity contribution is 5.87. The van der Waals surface area contributed by atoms with Crippen molar-refractivity contribution in [3.63, 3.8) is 0 Å². The Hall–Kier alpha value is -1.71. The molecule has 0 spiro atoms.